The molecule has 0 heterocycles. The Morgan fingerprint density at radius 3 is 1.96 bits per heavy atom. The molecule has 0 spiro atoms. The molecule has 27 heavy (non-hydrogen) atoms. The summed E-state index contributed by atoms with van der Waals surface area (Å²) in [7, 11) is 0. The molecule has 0 saturated heterocycles. The molecular weight excluding hydrogens is 338 g/mol. The fourth-order valence-electron chi connectivity index (χ4n) is 2.97. The topological polar surface area (TPSA) is 66.6 Å². The molecule has 5 nitrogen and oxygen atoms in total. The summed E-state index contributed by atoms with van der Waals surface area (Å²) in [6.45, 7) is 4.07. The Labute approximate surface area is 161 Å². The maximum atomic E-state index is 12.7. The van der Waals surface area contributed by atoms with E-state index in [2.05, 4.69) is 12.1 Å². The highest BCUT2D eigenvalue weighted by Gasteiger charge is 2.16. The lowest BCUT2D eigenvalue weighted by Gasteiger charge is -2.25. The number of hydrogen-bond acceptors (Lipinski definition) is 3. The Balaban J connectivity index is 1.89. The van der Waals surface area contributed by atoms with Gasteiger partial charge in [-0.3, -0.25) is 9.59 Å². The first-order chi connectivity index (χ1) is 13.1. The van der Waals surface area contributed by atoms with Crippen molar-refractivity contribution in [3.8, 4) is 0 Å². The molecule has 0 aliphatic rings. The van der Waals surface area contributed by atoms with Crippen LogP contribution in [0.5, 0.6) is 0 Å². The second-order valence-corrected chi connectivity index (χ2v) is 6.58. The molecule has 2 rings (SSSR count). The number of benzene rings is 2. The van der Waals surface area contributed by atoms with Crippen molar-refractivity contribution in [3.63, 3.8) is 0 Å². The zero-order valence-electron chi connectivity index (χ0n) is 16.0. The van der Waals surface area contributed by atoms with Crippen LogP contribution in [0.4, 0.5) is 0 Å². The minimum absolute atomic E-state index is 0.0266. The van der Waals surface area contributed by atoms with Crippen molar-refractivity contribution in [2.75, 3.05) is 26.2 Å². The molecule has 0 aliphatic heterocycles. The number of amides is 2. The van der Waals surface area contributed by atoms with Gasteiger partial charge in [-0.25, -0.2) is 0 Å². The van der Waals surface area contributed by atoms with Gasteiger partial charge in [-0.2, -0.15) is 0 Å². The molecule has 0 radical (unpaired) electrons. The SMILES string of the molecule is CC(=O)N(CCC(=O)N(CCN)CCc1ccccc1)Cc1ccccc1. The van der Waals surface area contributed by atoms with Crippen LogP contribution in [0, 0.1) is 0 Å². The number of carbonyl (C=O) groups is 2. The van der Waals surface area contributed by atoms with E-state index in [9.17, 15) is 9.59 Å². The summed E-state index contributed by atoms with van der Waals surface area (Å²) < 4.78 is 0. The molecule has 0 aromatic heterocycles. The van der Waals surface area contributed by atoms with Gasteiger partial charge in [0.1, 0.15) is 0 Å². The quantitative estimate of drug-likeness (QED) is 0.701. The van der Waals surface area contributed by atoms with E-state index in [1.165, 1.54) is 5.56 Å². The summed E-state index contributed by atoms with van der Waals surface area (Å²) in [6.07, 6.45) is 1.11. The van der Waals surface area contributed by atoms with Crippen LogP contribution in [0.1, 0.15) is 24.5 Å². The Kier molecular flexibility index (Phi) is 8.52. The number of carbonyl (C=O) groups excluding carboxylic acids is 2. The largest absolute Gasteiger partial charge is 0.341 e. The third-order valence-electron chi connectivity index (χ3n) is 4.52. The maximum Gasteiger partial charge on any atom is 0.224 e. The van der Waals surface area contributed by atoms with Crippen molar-refractivity contribution in [2.24, 2.45) is 5.73 Å². The van der Waals surface area contributed by atoms with E-state index >= 15 is 0 Å². The summed E-state index contributed by atoms with van der Waals surface area (Å²) in [6, 6.07) is 19.9. The summed E-state index contributed by atoms with van der Waals surface area (Å²) in [5.41, 5.74) is 7.94. The maximum absolute atomic E-state index is 12.7. The summed E-state index contributed by atoms with van der Waals surface area (Å²) in [4.78, 5) is 28.1. The fraction of sp³-hybridized carbons (Fsp3) is 0.364. The zero-order chi connectivity index (χ0) is 19.5. The van der Waals surface area contributed by atoms with Gasteiger partial charge in [-0.05, 0) is 17.5 Å². The van der Waals surface area contributed by atoms with Gasteiger partial charge >= 0.3 is 0 Å². The van der Waals surface area contributed by atoms with Crippen LogP contribution in [-0.2, 0) is 22.6 Å². The van der Waals surface area contributed by atoms with Crippen molar-refractivity contribution in [2.45, 2.75) is 26.3 Å². The van der Waals surface area contributed by atoms with Gasteiger partial charge in [0.05, 0.1) is 0 Å². The van der Waals surface area contributed by atoms with E-state index < -0.39 is 0 Å². The zero-order valence-corrected chi connectivity index (χ0v) is 16.0. The van der Waals surface area contributed by atoms with Crippen molar-refractivity contribution in [1.82, 2.24) is 9.80 Å². The Hall–Kier alpha value is -2.66. The first-order valence-corrected chi connectivity index (χ1v) is 9.41. The number of nitrogens with zero attached hydrogens (tertiary/aromatic N) is 2. The monoisotopic (exact) mass is 367 g/mol. The molecule has 0 fully saturated rings. The number of nitrogens with two attached hydrogens (primary N) is 1. The average Bonchev–Trinajstić information content (AvgIpc) is 2.69. The molecule has 0 aliphatic carbocycles. The standard InChI is InChI=1S/C22H29N3O2/c1-19(26)25(18-21-10-6-3-7-11-21)16-13-22(27)24(17-14-23)15-12-20-8-4-2-5-9-20/h2-11H,12-18,23H2,1H3. The van der Waals surface area contributed by atoms with Crippen molar-refractivity contribution >= 4 is 11.8 Å². The molecule has 0 atom stereocenters. The van der Waals surface area contributed by atoms with Crippen LogP contribution in [0.15, 0.2) is 60.7 Å². The molecule has 0 unspecified atom stereocenters. The van der Waals surface area contributed by atoms with E-state index in [-0.39, 0.29) is 11.8 Å². The Morgan fingerprint density at radius 2 is 1.41 bits per heavy atom. The highest BCUT2D eigenvalue weighted by atomic mass is 16.2. The molecule has 2 amide bonds. The van der Waals surface area contributed by atoms with E-state index in [0.717, 1.165) is 12.0 Å². The first-order valence-electron chi connectivity index (χ1n) is 9.41. The third kappa shape index (κ3) is 7.23. The van der Waals surface area contributed by atoms with Gasteiger partial charge < -0.3 is 15.5 Å². The van der Waals surface area contributed by atoms with Crippen LogP contribution < -0.4 is 5.73 Å². The lowest BCUT2D eigenvalue weighted by atomic mass is 10.1. The summed E-state index contributed by atoms with van der Waals surface area (Å²) in [5.74, 6) is 0.0111. The molecule has 144 valence electrons. The van der Waals surface area contributed by atoms with Gasteiger partial charge in [0, 0.05) is 46.1 Å². The second-order valence-electron chi connectivity index (χ2n) is 6.58. The van der Waals surface area contributed by atoms with Gasteiger partial charge in [0.25, 0.3) is 0 Å². The second kappa shape index (κ2) is 11.1. The van der Waals surface area contributed by atoms with Crippen LogP contribution >= 0.6 is 0 Å². The van der Waals surface area contributed by atoms with Crippen molar-refractivity contribution < 1.29 is 9.59 Å². The molecule has 2 aromatic carbocycles. The predicted molar refractivity (Wildman–Crippen MR) is 108 cm³/mol. The lowest BCUT2D eigenvalue weighted by molar-refractivity contribution is -0.133. The lowest BCUT2D eigenvalue weighted by Crippen LogP contribution is -2.39. The highest BCUT2D eigenvalue weighted by molar-refractivity contribution is 5.78. The summed E-state index contributed by atoms with van der Waals surface area (Å²) >= 11 is 0. The van der Waals surface area contributed by atoms with E-state index in [1.807, 2.05) is 48.5 Å². The molecule has 2 aromatic rings. The molecule has 5 heteroatoms. The Bertz CT molecular complexity index is 704. The first kappa shape index (κ1) is 20.6. The van der Waals surface area contributed by atoms with Gasteiger partial charge in [-0.1, -0.05) is 60.7 Å². The van der Waals surface area contributed by atoms with Crippen LogP contribution in [0.3, 0.4) is 0 Å². The number of rotatable bonds is 10. The fourth-order valence-corrected chi connectivity index (χ4v) is 2.97. The molecule has 0 bridgehead atoms. The van der Waals surface area contributed by atoms with Crippen LogP contribution in [0.2, 0.25) is 0 Å². The van der Waals surface area contributed by atoms with Gasteiger partial charge in [0.15, 0.2) is 0 Å². The normalized spacial score (nSPS) is 10.4. The van der Waals surface area contributed by atoms with Gasteiger partial charge in [0.2, 0.25) is 11.8 Å². The van der Waals surface area contributed by atoms with Crippen molar-refractivity contribution in [1.29, 1.82) is 0 Å². The Morgan fingerprint density at radius 1 is 0.815 bits per heavy atom. The van der Waals surface area contributed by atoms with E-state index in [1.54, 1.807) is 16.7 Å². The van der Waals surface area contributed by atoms with Crippen molar-refractivity contribution in [3.05, 3.63) is 71.8 Å². The molecular formula is C22H29N3O2. The highest BCUT2D eigenvalue weighted by Crippen LogP contribution is 2.08. The van der Waals surface area contributed by atoms with E-state index in [4.69, 9.17) is 5.73 Å². The summed E-state index contributed by atoms with van der Waals surface area (Å²) in [5, 5.41) is 0. The molecule has 2 N–H and O–H groups in total. The third-order valence-corrected chi connectivity index (χ3v) is 4.52. The average molecular weight is 367 g/mol. The minimum atomic E-state index is -0.0266. The molecule has 0 saturated carbocycles. The number of hydrogen-bond donors (Lipinski definition) is 1. The van der Waals surface area contributed by atoms with Gasteiger partial charge in [-0.15, -0.1) is 0 Å². The minimum Gasteiger partial charge on any atom is -0.341 e. The smallest absolute Gasteiger partial charge is 0.224 e. The van der Waals surface area contributed by atoms with E-state index in [0.29, 0.717) is 39.1 Å². The van der Waals surface area contributed by atoms with Crippen LogP contribution in [-0.4, -0.2) is 47.8 Å². The van der Waals surface area contributed by atoms with Crippen LogP contribution in [0.25, 0.3) is 0 Å². The predicted octanol–water partition coefficient (Wildman–Crippen LogP) is 2.46.